The van der Waals surface area contributed by atoms with E-state index in [4.69, 9.17) is 4.74 Å². The summed E-state index contributed by atoms with van der Waals surface area (Å²) in [5.74, 6) is 1.02. The summed E-state index contributed by atoms with van der Waals surface area (Å²) in [5.41, 5.74) is 0.602. The van der Waals surface area contributed by atoms with Crippen LogP contribution in [-0.4, -0.2) is 32.3 Å². The Kier molecular flexibility index (Phi) is 23.4. The number of hydrogen-bond acceptors (Lipinski definition) is 5. The zero-order chi connectivity index (χ0) is 25.3. The van der Waals surface area contributed by atoms with Gasteiger partial charge in [-0.05, 0) is 37.8 Å². The quantitative estimate of drug-likeness (QED) is 0.131. The Balaban J connectivity index is 0. The molecule has 0 unspecified atom stereocenters. The second-order valence-corrected chi connectivity index (χ2v) is 7.58. The molecule has 0 fully saturated rings. The number of rotatable bonds is 14. The van der Waals surface area contributed by atoms with Gasteiger partial charge in [-0.25, -0.2) is 9.59 Å². The van der Waals surface area contributed by atoms with Crippen molar-refractivity contribution in [2.24, 2.45) is 5.92 Å². The Hall–Kier alpha value is -2.82. The molecule has 1 aromatic rings. The first-order valence-corrected chi connectivity index (χ1v) is 11.5. The predicted octanol–water partition coefficient (Wildman–Crippen LogP) is 6.90. The largest absolute Gasteiger partial charge is 0.494 e. The van der Waals surface area contributed by atoms with E-state index >= 15 is 0 Å². The molecule has 0 aliphatic rings. The number of esters is 2. The molecule has 0 spiro atoms. The molecule has 5 heteroatoms. The molecular weight excluding hydrogens is 416 g/mol. The molecule has 0 aliphatic heterocycles. The lowest BCUT2D eigenvalue weighted by Gasteiger charge is -2.05. The highest BCUT2D eigenvalue weighted by molar-refractivity contribution is 5.87. The number of para-hydroxylation sites is 1. The highest BCUT2D eigenvalue weighted by Gasteiger charge is 2.05. The number of ether oxygens (including phenoxy) is 3. The summed E-state index contributed by atoms with van der Waals surface area (Å²) in [6, 6.07) is 9.64. The number of carbonyl (C=O) groups excluding carboxylic acids is 2. The minimum absolute atomic E-state index is 0.255. The Morgan fingerprint density at radius 2 is 1.61 bits per heavy atom. The van der Waals surface area contributed by atoms with Gasteiger partial charge in [0.1, 0.15) is 12.4 Å². The smallest absolute Gasteiger partial charge is 0.333 e. The fourth-order valence-corrected chi connectivity index (χ4v) is 2.50. The fraction of sp³-hybridized carbons (Fsp3) is 0.464. The Morgan fingerprint density at radius 3 is 2.12 bits per heavy atom. The van der Waals surface area contributed by atoms with Gasteiger partial charge in [-0.2, -0.15) is 0 Å². The fourth-order valence-electron chi connectivity index (χ4n) is 2.50. The van der Waals surface area contributed by atoms with E-state index in [0.717, 1.165) is 30.6 Å². The van der Waals surface area contributed by atoms with Gasteiger partial charge in [-0.1, -0.05) is 90.0 Å². The number of methoxy groups -OCH3 is 1. The Morgan fingerprint density at radius 1 is 1.00 bits per heavy atom. The molecule has 0 bridgehead atoms. The molecule has 0 amide bonds. The van der Waals surface area contributed by atoms with Gasteiger partial charge in [0.2, 0.25) is 0 Å². The summed E-state index contributed by atoms with van der Waals surface area (Å²) in [5, 5.41) is 0. The van der Waals surface area contributed by atoms with E-state index in [9.17, 15) is 9.59 Å². The second-order valence-electron chi connectivity index (χ2n) is 7.58. The summed E-state index contributed by atoms with van der Waals surface area (Å²) in [6.07, 6.45) is 10.9. The van der Waals surface area contributed by atoms with Crippen LogP contribution < -0.4 is 4.74 Å². The van der Waals surface area contributed by atoms with E-state index < -0.39 is 5.97 Å². The molecule has 0 atom stereocenters. The van der Waals surface area contributed by atoms with Crippen LogP contribution in [-0.2, 0) is 19.1 Å². The first-order valence-electron chi connectivity index (χ1n) is 11.5. The third-order valence-electron chi connectivity index (χ3n) is 4.26. The van der Waals surface area contributed by atoms with Gasteiger partial charge >= 0.3 is 11.9 Å². The first kappa shape index (κ1) is 32.4. The summed E-state index contributed by atoms with van der Waals surface area (Å²) in [6.45, 7) is 19.1. The van der Waals surface area contributed by atoms with Crippen LogP contribution in [0.2, 0.25) is 0 Å². The van der Waals surface area contributed by atoms with Crippen molar-refractivity contribution in [3.05, 3.63) is 74.7 Å². The molecule has 0 aliphatic carbocycles. The maximum atomic E-state index is 11.0. The van der Waals surface area contributed by atoms with Crippen molar-refractivity contribution in [1.29, 1.82) is 0 Å². The van der Waals surface area contributed by atoms with Crippen molar-refractivity contribution in [2.75, 3.05) is 20.3 Å². The Bertz CT molecular complexity index is 650. The lowest BCUT2D eigenvalue weighted by molar-refractivity contribution is -0.137. The van der Waals surface area contributed by atoms with Gasteiger partial charge < -0.3 is 14.2 Å². The van der Waals surface area contributed by atoms with Crippen LogP contribution in [0.4, 0.5) is 0 Å². The van der Waals surface area contributed by atoms with Crippen LogP contribution in [0, 0.1) is 12.8 Å². The van der Waals surface area contributed by atoms with Gasteiger partial charge in [0, 0.05) is 11.6 Å². The number of hydrogen-bond donors (Lipinski definition) is 0. The maximum Gasteiger partial charge on any atom is 0.333 e. The van der Waals surface area contributed by atoms with E-state index in [0.29, 0.717) is 12.2 Å². The first-order chi connectivity index (χ1) is 15.8. The van der Waals surface area contributed by atoms with Crippen LogP contribution in [0.25, 0.3) is 0 Å². The zero-order valence-corrected chi connectivity index (χ0v) is 20.9. The van der Waals surface area contributed by atoms with Crippen LogP contribution in [0.5, 0.6) is 5.75 Å². The summed E-state index contributed by atoms with van der Waals surface area (Å²) < 4.78 is 14.2. The van der Waals surface area contributed by atoms with Crippen LogP contribution in [0.3, 0.4) is 0 Å². The van der Waals surface area contributed by atoms with Gasteiger partial charge in [0.15, 0.2) is 0 Å². The number of carbonyl (C=O) groups is 2. The molecule has 185 valence electrons. The van der Waals surface area contributed by atoms with Crippen LogP contribution in [0.15, 0.2) is 67.8 Å². The number of unbranched alkanes of at least 4 members (excludes halogenated alkanes) is 4. The topological polar surface area (TPSA) is 61.8 Å². The molecule has 0 saturated carbocycles. The normalized spacial score (nSPS) is 9.36. The molecule has 33 heavy (non-hydrogen) atoms. The molecular formula is C28H43O5. The third-order valence-corrected chi connectivity index (χ3v) is 4.26. The van der Waals surface area contributed by atoms with Gasteiger partial charge in [0.05, 0.1) is 13.7 Å². The van der Waals surface area contributed by atoms with Crippen molar-refractivity contribution in [3.63, 3.8) is 0 Å². The summed E-state index contributed by atoms with van der Waals surface area (Å²) in [4.78, 5) is 21.2. The lowest BCUT2D eigenvalue weighted by atomic mass is 10.0. The second kappa shape index (κ2) is 23.8. The standard InChI is InChI=1S/C14H26O2.C8H9O.C6H8O2/c1-12(2)10-8-6-5-7-9-11-13(3)14(15)16-4;1-2-9-8-6-4-3-5-7-8;1-3-5-8-6(7)4-2/h12H,3,5-11H2,1-2,4H3;3-7H,1-2H2;3-4H,1-2,5H2. The molecule has 1 aromatic carbocycles. The average molecular weight is 460 g/mol. The summed E-state index contributed by atoms with van der Waals surface area (Å²) in [7, 11) is 1.40. The average Bonchev–Trinajstić information content (AvgIpc) is 2.82. The van der Waals surface area contributed by atoms with Crippen molar-refractivity contribution in [1.82, 2.24) is 0 Å². The molecule has 0 aromatic heterocycles. The van der Waals surface area contributed by atoms with Gasteiger partial charge in [-0.3, -0.25) is 0 Å². The third kappa shape index (κ3) is 23.7. The molecule has 0 heterocycles. The van der Waals surface area contributed by atoms with Crippen LogP contribution in [0.1, 0.15) is 58.8 Å². The highest BCUT2D eigenvalue weighted by atomic mass is 16.5. The Labute approximate surface area is 201 Å². The molecule has 0 saturated heterocycles. The van der Waals surface area contributed by atoms with Gasteiger partial charge in [0.25, 0.3) is 0 Å². The molecule has 1 rings (SSSR count). The lowest BCUT2D eigenvalue weighted by Crippen LogP contribution is -2.03. The van der Waals surface area contributed by atoms with Crippen LogP contribution >= 0.6 is 0 Å². The van der Waals surface area contributed by atoms with Gasteiger partial charge in [-0.15, -0.1) is 0 Å². The van der Waals surface area contributed by atoms with Crippen molar-refractivity contribution < 1.29 is 23.8 Å². The van der Waals surface area contributed by atoms with Crippen molar-refractivity contribution in [3.8, 4) is 5.75 Å². The zero-order valence-electron chi connectivity index (χ0n) is 20.9. The van der Waals surface area contributed by atoms with E-state index in [1.54, 1.807) is 0 Å². The molecule has 5 nitrogen and oxygen atoms in total. The highest BCUT2D eigenvalue weighted by Crippen LogP contribution is 2.13. The van der Waals surface area contributed by atoms with E-state index in [1.165, 1.54) is 45.3 Å². The minimum Gasteiger partial charge on any atom is -0.494 e. The van der Waals surface area contributed by atoms with E-state index in [2.05, 4.69) is 50.0 Å². The number of benzene rings is 1. The SMILES string of the molecule is C=C(CCCCCCCC(C)C)C(=O)OC.C=CCOC(=O)C=C.[CH2]COc1ccccc1. The van der Waals surface area contributed by atoms with E-state index in [-0.39, 0.29) is 12.6 Å². The molecule has 0 N–H and O–H groups in total. The van der Waals surface area contributed by atoms with Crippen molar-refractivity contribution >= 4 is 11.9 Å². The maximum absolute atomic E-state index is 11.0. The minimum atomic E-state index is -0.412. The predicted molar refractivity (Wildman–Crippen MR) is 137 cm³/mol. The monoisotopic (exact) mass is 459 g/mol. The van der Waals surface area contributed by atoms with E-state index in [1.807, 2.05) is 30.3 Å². The van der Waals surface area contributed by atoms with Crippen molar-refractivity contribution in [2.45, 2.75) is 58.8 Å². The summed E-state index contributed by atoms with van der Waals surface area (Å²) >= 11 is 0. The molecule has 1 radical (unpaired) electrons.